The summed E-state index contributed by atoms with van der Waals surface area (Å²) >= 11 is 0. The Morgan fingerprint density at radius 2 is 1.70 bits per heavy atom. The second-order valence-electron chi connectivity index (χ2n) is 6.64. The molecule has 0 heterocycles. The van der Waals surface area contributed by atoms with Crippen molar-refractivity contribution in [3.05, 3.63) is 35.4 Å². The molecular weight excluding hydrogens is 284 g/mol. The van der Waals surface area contributed by atoms with Gasteiger partial charge in [-0.1, -0.05) is 76.6 Å². The summed E-state index contributed by atoms with van der Waals surface area (Å²) in [5.74, 6) is 0.446. The van der Waals surface area contributed by atoms with Crippen molar-refractivity contribution < 1.29 is 9.53 Å². The molecule has 0 aliphatic heterocycles. The molecule has 23 heavy (non-hydrogen) atoms. The lowest BCUT2D eigenvalue weighted by Gasteiger charge is -2.17. The summed E-state index contributed by atoms with van der Waals surface area (Å²) in [6.45, 7) is 7.09. The summed E-state index contributed by atoms with van der Waals surface area (Å²) in [5, 5.41) is 0. The maximum absolute atomic E-state index is 12.1. The number of ether oxygens (including phenoxy) is 1. The van der Waals surface area contributed by atoms with Crippen molar-refractivity contribution in [3.63, 3.8) is 0 Å². The third-order valence-corrected chi connectivity index (χ3v) is 4.51. The maximum Gasteiger partial charge on any atom is 0.310 e. The molecule has 1 aromatic carbocycles. The summed E-state index contributed by atoms with van der Waals surface area (Å²) < 4.78 is 5.58. The summed E-state index contributed by atoms with van der Waals surface area (Å²) in [4.78, 5) is 12.1. The molecule has 0 aliphatic carbocycles. The van der Waals surface area contributed by atoms with Gasteiger partial charge in [-0.05, 0) is 36.8 Å². The second kappa shape index (κ2) is 12.2. The average molecular weight is 319 g/mol. The van der Waals surface area contributed by atoms with Crippen LogP contribution in [-0.2, 0) is 16.0 Å². The predicted octanol–water partition coefficient (Wildman–Crippen LogP) is 5.86. The Labute approximate surface area is 142 Å². The summed E-state index contributed by atoms with van der Waals surface area (Å²) in [7, 11) is 0. The van der Waals surface area contributed by atoms with E-state index in [-0.39, 0.29) is 5.97 Å². The zero-order valence-electron chi connectivity index (χ0n) is 15.3. The van der Waals surface area contributed by atoms with E-state index in [4.69, 9.17) is 4.74 Å². The monoisotopic (exact) mass is 318 g/mol. The van der Waals surface area contributed by atoms with Gasteiger partial charge in [0.15, 0.2) is 0 Å². The Hall–Kier alpha value is -1.31. The Morgan fingerprint density at radius 1 is 1.00 bits per heavy atom. The first-order chi connectivity index (χ1) is 11.2. The van der Waals surface area contributed by atoms with E-state index in [1.54, 1.807) is 0 Å². The van der Waals surface area contributed by atoms with Gasteiger partial charge in [0.05, 0.1) is 13.0 Å². The van der Waals surface area contributed by atoms with E-state index in [9.17, 15) is 4.79 Å². The van der Waals surface area contributed by atoms with Crippen LogP contribution in [0, 0.1) is 12.8 Å². The molecule has 0 spiro atoms. The van der Waals surface area contributed by atoms with Crippen LogP contribution in [0.3, 0.4) is 0 Å². The molecule has 0 radical (unpaired) electrons. The Morgan fingerprint density at radius 3 is 2.39 bits per heavy atom. The molecule has 0 saturated carbocycles. The van der Waals surface area contributed by atoms with Gasteiger partial charge in [-0.15, -0.1) is 0 Å². The number of carbonyl (C=O) groups excluding carboxylic acids is 1. The second-order valence-corrected chi connectivity index (χ2v) is 6.64. The molecule has 0 aromatic heterocycles. The van der Waals surface area contributed by atoms with Crippen LogP contribution in [0.1, 0.15) is 76.3 Å². The van der Waals surface area contributed by atoms with Crippen LogP contribution in [0.15, 0.2) is 24.3 Å². The lowest BCUT2D eigenvalue weighted by molar-refractivity contribution is -0.144. The lowest BCUT2D eigenvalue weighted by Crippen LogP contribution is -2.16. The minimum absolute atomic E-state index is 0.0886. The molecule has 1 unspecified atom stereocenters. The standard InChI is InChI=1S/C21H34O2/c1-4-6-8-9-14-19(13-7-5-2)17-23-21(22)16-20-15-11-10-12-18(20)3/h10-12,15,19H,4-9,13-14,16-17H2,1-3H3. The summed E-state index contributed by atoms with van der Waals surface area (Å²) in [6.07, 6.45) is 10.4. The topological polar surface area (TPSA) is 26.3 Å². The first kappa shape index (κ1) is 19.7. The van der Waals surface area contributed by atoms with Gasteiger partial charge in [-0.2, -0.15) is 0 Å². The smallest absolute Gasteiger partial charge is 0.310 e. The van der Waals surface area contributed by atoms with Crippen LogP contribution in [0.25, 0.3) is 0 Å². The van der Waals surface area contributed by atoms with Crippen LogP contribution < -0.4 is 0 Å². The zero-order valence-corrected chi connectivity index (χ0v) is 15.3. The molecule has 0 N–H and O–H groups in total. The molecule has 0 bridgehead atoms. The fraction of sp³-hybridized carbons (Fsp3) is 0.667. The van der Waals surface area contributed by atoms with Gasteiger partial charge in [0.2, 0.25) is 0 Å². The van der Waals surface area contributed by atoms with Gasteiger partial charge in [0.25, 0.3) is 0 Å². The maximum atomic E-state index is 12.1. The molecule has 1 atom stereocenters. The van der Waals surface area contributed by atoms with Crippen LogP contribution in [0.4, 0.5) is 0 Å². The van der Waals surface area contributed by atoms with Crippen molar-refractivity contribution in [3.8, 4) is 0 Å². The highest BCUT2D eigenvalue weighted by Gasteiger charge is 2.13. The number of carbonyl (C=O) groups is 1. The largest absolute Gasteiger partial charge is 0.465 e. The van der Waals surface area contributed by atoms with Gasteiger partial charge in [-0.25, -0.2) is 0 Å². The molecule has 2 heteroatoms. The number of benzene rings is 1. The first-order valence-corrected chi connectivity index (χ1v) is 9.37. The van der Waals surface area contributed by atoms with E-state index in [0.29, 0.717) is 18.9 Å². The van der Waals surface area contributed by atoms with E-state index < -0.39 is 0 Å². The van der Waals surface area contributed by atoms with Gasteiger partial charge in [-0.3, -0.25) is 4.79 Å². The molecular formula is C21H34O2. The van der Waals surface area contributed by atoms with Crippen molar-refractivity contribution in [2.24, 2.45) is 5.92 Å². The van der Waals surface area contributed by atoms with Gasteiger partial charge in [0, 0.05) is 0 Å². The molecule has 2 nitrogen and oxygen atoms in total. The van der Waals surface area contributed by atoms with Crippen LogP contribution in [0.2, 0.25) is 0 Å². The third-order valence-electron chi connectivity index (χ3n) is 4.51. The van der Waals surface area contributed by atoms with E-state index in [2.05, 4.69) is 13.8 Å². The highest BCUT2D eigenvalue weighted by Crippen LogP contribution is 2.18. The van der Waals surface area contributed by atoms with Gasteiger partial charge < -0.3 is 4.74 Å². The predicted molar refractivity (Wildman–Crippen MR) is 97.6 cm³/mol. The summed E-state index contributed by atoms with van der Waals surface area (Å²) in [6, 6.07) is 8.03. The Bertz CT molecular complexity index is 439. The van der Waals surface area contributed by atoms with E-state index in [1.165, 1.54) is 51.4 Å². The van der Waals surface area contributed by atoms with Crippen molar-refractivity contribution in [2.75, 3.05) is 6.61 Å². The summed E-state index contributed by atoms with van der Waals surface area (Å²) in [5.41, 5.74) is 2.23. The number of esters is 1. The molecule has 130 valence electrons. The SMILES string of the molecule is CCCCCCC(CCCC)COC(=O)Cc1ccccc1C. The molecule has 0 aliphatic rings. The molecule has 0 fully saturated rings. The number of unbranched alkanes of at least 4 members (excludes halogenated alkanes) is 4. The minimum atomic E-state index is -0.0886. The van der Waals surface area contributed by atoms with E-state index in [1.807, 2.05) is 31.2 Å². The lowest BCUT2D eigenvalue weighted by atomic mass is 9.96. The number of rotatable bonds is 12. The third kappa shape index (κ3) is 8.78. The van der Waals surface area contributed by atoms with Crippen LogP contribution in [0.5, 0.6) is 0 Å². The number of hydrogen-bond donors (Lipinski definition) is 0. The molecule has 0 saturated heterocycles. The molecule has 0 amide bonds. The fourth-order valence-corrected chi connectivity index (χ4v) is 2.89. The molecule has 1 rings (SSSR count). The van der Waals surface area contributed by atoms with Crippen LogP contribution in [-0.4, -0.2) is 12.6 Å². The number of hydrogen-bond acceptors (Lipinski definition) is 2. The zero-order chi connectivity index (χ0) is 16.9. The van der Waals surface area contributed by atoms with E-state index >= 15 is 0 Å². The fourth-order valence-electron chi connectivity index (χ4n) is 2.89. The van der Waals surface area contributed by atoms with E-state index in [0.717, 1.165) is 11.1 Å². The van der Waals surface area contributed by atoms with Gasteiger partial charge >= 0.3 is 5.97 Å². The highest BCUT2D eigenvalue weighted by molar-refractivity contribution is 5.73. The first-order valence-electron chi connectivity index (χ1n) is 9.37. The Balaban J connectivity index is 2.36. The molecule has 1 aromatic rings. The van der Waals surface area contributed by atoms with Crippen molar-refractivity contribution in [2.45, 2.75) is 78.6 Å². The van der Waals surface area contributed by atoms with Gasteiger partial charge in [0.1, 0.15) is 0 Å². The van der Waals surface area contributed by atoms with Crippen molar-refractivity contribution in [1.82, 2.24) is 0 Å². The number of aryl methyl sites for hydroxylation is 1. The quantitative estimate of drug-likeness (QED) is 0.356. The van der Waals surface area contributed by atoms with Crippen molar-refractivity contribution >= 4 is 5.97 Å². The Kier molecular flexibility index (Phi) is 10.4. The average Bonchev–Trinajstić information content (AvgIpc) is 2.55. The normalized spacial score (nSPS) is 12.1. The highest BCUT2D eigenvalue weighted by atomic mass is 16.5. The van der Waals surface area contributed by atoms with Crippen molar-refractivity contribution in [1.29, 1.82) is 0 Å². The van der Waals surface area contributed by atoms with Crippen LogP contribution >= 0.6 is 0 Å². The minimum Gasteiger partial charge on any atom is -0.465 e.